The van der Waals surface area contributed by atoms with E-state index in [2.05, 4.69) is 37.4 Å². The van der Waals surface area contributed by atoms with E-state index < -0.39 is 0 Å². The second kappa shape index (κ2) is 6.85. The van der Waals surface area contributed by atoms with Crippen molar-refractivity contribution in [2.24, 2.45) is 0 Å². The van der Waals surface area contributed by atoms with Gasteiger partial charge in [0, 0.05) is 22.3 Å². The maximum atomic E-state index is 9.31. The molecule has 19 heavy (non-hydrogen) atoms. The molecule has 0 spiro atoms. The summed E-state index contributed by atoms with van der Waals surface area (Å²) >= 11 is 1.87. The van der Waals surface area contributed by atoms with Crippen LogP contribution in [0.3, 0.4) is 0 Å². The van der Waals surface area contributed by atoms with Gasteiger partial charge in [0.1, 0.15) is 0 Å². The first-order valence-corrected chi connectivity index (χ1v) is 7.56. The molecule has 2 aromatic rings. The van der Waals surface area contributed by atoms with Crippen molar-refractivity contribution in [3.63, 3.8) is 0 Å². The van der Waals surface area contributed by atoms with Crippen LogP contribution >= 0.6 is 11.3 Å². The normalized spacial score (nSPS) is 12.6. The molecule has 1 unspecified atom stereocenters. The van der Waals surface area contributed by atoms with Gasteiger partial charge in [-0.05, 0) is 36.6 Å². The fourth-order valence-electron chi connectivity index (χ4n) is 2.07. The lowest BCUT2D eigenvalue weighted by Crippen LogP contribution is -2.18. The van der Waals surface area contributed by atoms with Crippen molar-refractivity contribution in [2.75, 3.05) is 0 Å². The van der Waals surface area contributed by atoms with Crippen LogP contribution in [0.25, 0.3) is 0 Å². The van der Waals surface area contributed by atoms with Crippen LogP contribution in [0.4, 0.5) is 0 Å². The van der Waals surface area contributed by atoms with Crippen LogP contribution in [-0.4, -0.2) is 5.11 Å². The van der Waals surface area contributed by atoms with E-state index in [1.165, 1.54) is 15.3 Å². The highest BCUT2D eigenvalue weighted by molar-refractivity contribution is 7.12. The van der Waals surface area contributed by atoms with Crippen LogP contribution in [-0.2, 0) is 19.6 Å². The SMILES string of the molecule is CCc1ccc(C(C)NCc2ccccc2CO)s1. The Kier molecular flexibility index (Phi) is 5.14. The van der Waals surface area contributed by atoms with Gasteiger partial charge in [0.2, 0.25) is 0 Å². The van der Waals surface area contributed by atoms with Crippen LogP contribution in [0.2, 0.25) is 0 Å². The van der Waals surface area contributed by atoms with Crippen LogP contribution < -0.4 is 5.32 Å². The van der Waals surface area contributed by atoms with Crippen molar-refractivity contribution in [3.8, 4) is 0 Å². The molecule has 0 bridgehead atoms. The summed E-state index contributed by atoms with van der Waals surface area (Å²) in [5.41, 5.74) is 2.17. The summed E-state index contributed by atoms with van der Waals surface area (Å²) in [5.74, 6) is 0. The summed E-state index contributed by atoms with van der Waals surface area (Å²) < 4.78 is 0. The van der Waals surface area contributed by atoms with Gasteiger partial charge in [-0.2, -0.15) is 0 Å². The predicted octanol–water partition coefficient (Wildman–Crippen LogP) is 3.65. The number of benzene rings is 1. The molecule has 1 aromatic carbocycles. The molecule has 0 aliphatic heterocycles. The maximum Gasteiger partial charge on any atom is 0.0685 e. The fraction of sp³-hybridized carbons (Fsp3) is 0.375. The topological polar surface area (TPSA) is 32.3 Å². The van der Waals surface area contributed by atoms with Crippen LogP contribution in [0.15, 0.2) is 36.4 Å². The van der Waals surface area contributed by atoms with Gasteiger partial charge in [-0.1, -0.05) is 31.2 Å². The largest absolute Gasteiger partial charge is 0.392 e. The summed E-state index contributed by atoms with van der Waals surface area (Å²) in [4.78, 5) is 2.80. The lowest BCUT2D eigenvalue weighted by Gasteiger charge is -2.14. The van der Waals surface area contributed by atoms with E-state index in [0.29, 0.717) is 6.04 Å². The van der Waals surface area contributed by atoms with Crippen molar-refractivity contribution < 1.29 is 5.11 Å². The summed E-state index contributed by atoms with van der Waals surface area (Å²) in [6.07, 6.45) is 1.10. The van der Waals surface area contributed by atoms with E-state index in [0.717, 1.165) is 18.5 Å². The molecule has 0 saturated carbocycles. The molecular weight excluding hydrogens is 254 g/mol. The second-order valence-corrected chi connectivity index (χ2v) is 5.89. The van der Waals surface area contributed by atoms with E-state index >= 15 is 0 Å². The lowest BCUT2D eigenvalue weighted by molar-refractivity contribution is 0.280. The Morgan fingerprint density at radius 3 is 2.53 bits per heavy atom. The molecule has 2 rings (SSSR count). The first-order chi connectivity index (χ1) is 9.24. The van der Waals surface area contributed by atoms with Crippen molar-refractivity contribution in [3.05, 3.63) is 57.3 Å². The number of rotatable bonds is 6. The number of aryl methyl sites for hydroxylation is 1. The van der Waals surface area contributed by atoms with Crippen LogP contribution in [0, 0.1) is 0 Å². The molecule has 1 aromatic heterocycles. The molecule has 1 heterocycles. The third-order valence-corrected chi connectivity index (χ3v) is 4.76. The minimum atomic E-state index is 0.102. The smallest absolute Gasteiger partial charge is 0.0685 e. The fourth-order valence-corrected chi connectivity index (χ4v) is 3.04. The summed E-state index contributed by atoms with van der Waals surface area (Å²) in [7, 11) is 0. The first kappa shape index (κ1) is 14.3. The molecule has 0 saturated heterocycles. The molecular formula is C16H21NOS. The van der Waals surface area contributed by atoms with Crippen molar-refractivity contribution in [1.29, 1.82) is 0 Å². The highest BCUT2D eigenvalue weighted by atomic mass is 32.1. The molecule has 2 N–H and O–H groups in total. The summed E-state index contributed by atoms with van der Waals surface area (Å²) in [6, 6.07) is 12.8. The van der Waals surface area contributed by atoms with Crippen molar-refractivity contribution >= 4 is 11.3 Å². The number of nitrogens with one attached hydrogen (secondary N) is 1. The third-order valence-electron chi connectivity index (χ3n) is 3.35. The van der Waals surface area contributed by atoms with E-state index in [9.17, 15) is 5.11 Å². The van der Waals surface area contributed by atoms with Gasteiger partial charge in [-0.15, -0.1) is 11.3 Å². The molecule has 0 fully saturated rings. The predicted molar refractivity (Wildman–Crippen MR) is 81.3 cm³/mol. The Labute approximate surface area is 119 Å². The van der Waals surface area contributed by atoms with Gasteiger partial charge in [-0.25, -0.2) is 0 Å². The lowest BCUT2D eigenvalue weighted by atomic mass is 10.1. The Morgan fingerprint density at radius 1 is 1.16 bits per heavy atom. The maximum absolute atomic E-state index is 9.31. The number of hydrogen-bond acceptors (Lipinski definition) is 3. The van der Waals surface area contributed by atoms with Crippen molar-refractivity contribution in [2.45, 2.75) is 39.5 Å². The molecule has 0 radical (unpaired) electrons. The van der Waals surface area contributed by atoms with Gasteiger partial charge in [0.15, 0.2) is 0 Å². The highest BCUT2D eigenvalue weighted by Crippen LogP contribution is 2.24. The van der Waals surface area contributed by atoms with Gasteiger partial charge >= 0.3 is 0 Å². The standard InChI is InChI=1S/C16H21NOS/c1-3-15-8-9-16(19-15)12(2)17-10-13-6-4-5-7-14(13)11-18/h4-9,12,17-18H,3,10-11H2,1-2H3. The highest BCUT2D eigenvalue weighted by Gasteiger charge is 2.08. The molecule has 1 atom stereocenters. The van der Waals surface area contributed by atoms with E-state index in [1.54, 1.807) is 0 Å². The minimum absolute atomic E-state index is 0.102. The Morgan fingerprint density at radius 2 is 1.89 bits per heavy atom. The second-order valence-electron chi connectivity index (χ2n) is 4.69. The van der Waals surface area contributed by atoms with E-state index in [-0.39, 0.29) is 6.61 Å². The zero-order chi connectivity index (χ0) is 13.7. The van der Waals surface area contributed by atoms with Gasteiger partial charge in [-0.3, -0.25) is 0 Å². The molecule has 2 nitrogen and oxygen atoms in total. The quantitative estimate of drug-likeness (QED) is 0.843. The average molecular weight is 275 g/mol. The number of thiophene rings is 1. The Hall–Kier alpha value is -1.16. The zero-order valence-corrected chi connectivity index (χ0v) is 12.3. The minimum Gasteiger partial charge on any atom is -0.392 e. The van der Waals surface area contributed by atoms with Gasteiger partial charge < -0.3 is 10.4 Å². The summed E-state index contributed by atoms with van der Waals surface area (Å²) in [6.45, 7) is 5.26. The Balaban J connectivity index is 1.98. The molecule has 0 aliphatic rings. The third kappa shape index (κ3) is 3.66. The monoisotopic (exact) mass is 275 g/mol. The molecule has 102 valence electrons. The van der Waals surface area contributed by atoms with Crippen LogP contribution in [0.5, 0.6) is 0 Å². The Bertz CT molecular complexity index is 521. The van der Waals surface area contributed by atoms with Crippen molar-refractivity contribution in [1.82, 2.24) is 5.32 Å². The van der Waals surface area contributed by atoms with Gasteiger partial charge in [0.05, 0.1) is 6.61 Å². The van der Waals surface area contributed by atoms with Crippen LogP contribution in [0.1, 0.15) is 40.8 Å². The number of aliphatic hydroxyl groups is 1. The molecule has 0 amide bonds. The zero-order valence-electron chi connectivity index (χ0n) is 11.5. The van der Waals surface area contributed by atoms with E-state index in [4.69, 9.17) is 0 Å². The first-order valence-electron chi connectivity index (χ1n) is 6.74. The number of hydrogen-bond donors (Lipinski definition) is 2. The van der Waals surface area contributed by atoms with Gasteiger partial charge in [0.25, 0.3) is 0 Å². The average Bonchev–Trinajstić information content (AvgIpc) is 2.94. The number of aliphatic hydroxyl groups excluding tert-OH is 1. The molecule has 0 aliphatic carbocycles. The van der Waals surface area contributed by atoms with E-state index in [1.807, 2.05) is 29.5 Å². The summed E-state index contributed by atoms with van der Waals surface area (Å²) in [5, 5.41) is 12.8. The molecule has 3 heteroatoms.